The van der Waals surface area contributed by atoms with E-state index in [1.165, 1.54) is 0 Å². The van der Waals surface area contributed by atoms with Gasteiger partial charge in [-0.2, -0.15) is 11.8 Å². The Morgan fingerprint density at radius 3 is 2.62 bits per heavy atom. The van der Waals surface area contributed by atoms with E-state index < -0.39 is 5.60 Å². The summed E-state index contributed by atoms with van der Waals surface area (Å²) in [6.45, 7) is 9.65. The van der Waals surface area contributed by atoms with Crippen molar-refractivity contribution in [2.75, 3.05) is 32.0 Å². The normalized spacial score (nSPS) is 33.6. The van der Waals surface area contributed by atoms with Crippen LogP contribution in [-0.4, -0.2) is 58.3 Å². The largest absolute Gasteiger partial charge is 0.466 e. The third kappa shape index (κ3) is 4.86. The molecule has 1 N–H and O–H groups in total. The highest BCUT2D eigenvalue weighted by Crippen LogP contribution is 2.36. The molecule has 2 rings (SSSR count). The average Bonchev–Trinajstić information content (AvgIpc) is 2.38. The predicted molar refractivity (Wildman–Crippen MR) is 86.5 cm³/mol. The molecule has 0 atom stereocenters. The minimum Gasteiger partial charge on any atom is -0.466 e. The Balaban J connectivity index is 1.83. The molecule has 1 aliphatic heterocycles. The average molecular weight is 315 g/mol. The second-order valence-electron chi connectivity index (χ2n) is 7.07. The molecule has 0 unspecified atom stereocenters. The molecule has 5 heteroatoms. The highest BCUT2D eigenvalue weighted by molar-refractivity contribution is 8.00. The maximum Gasteiger partial charge on any atom is 0.308 e. The van der Waals surface area contributed by atoms with Crippen LogP contribution in [0.5, 0.6) is 0 Å². The summed E-state index contributed by atoms with van der Waals surface area (Å²) in [6.07, 6.45) is 2.92. The van der Waals surface area contributed by atoms with E-state index in [0.29, 0.717) is 19.4 Å². The number of thioether (sulfide) groups is 1. The highest BCUT2D eigenvalue weighted by atomic mass is 32.2. The van der Waals surface area contributed by atoms with E-state index in [2.05, 4.69) is 18.7 Å². The van der Waals surface area contributed by atoms with E-state index in [4.69, 9.17) is 4.74 Å². The fourth-order valence-corrected chi connectivity index (χ4v) is 4.65. The molecular weight excluding hydrogens is 286 g/mol. The highest BCUT2D eigenvalue weighted by Gasteiger charge is 2.39. The Morgan fingerprint density at radius 2 is 2.05 bits per heavy atom. The Hall–Kier alpha value is -0.260. The van der Waals surface area contributed by atoms with E-state index in [1.807, 2.05) is 18.7 Å². The molecule has 0 aromatic carbocycles. The number of β-amino-alcohol motifs (C(OH)–C–C–N with tert-alkyl or cyclic N) is 1. The Labute approximate surface area is 132 Å². The first-order chi connectivity index (χ1) is 9.84. The van der Waals surface area contributed by atoms with Gasteiger partial charge in [-0.3, -0.25) is 9.69 Å². The zero-order valence-corrected chi connectivity index (χ0v) is 14.4. The van der Waals surface area contributed by atoms with E-state index in [1.54, 1.807) is 0 Å². The molecule has 0 spiro atoms. The van der Waals surface area contributed by atoms with Crippen LogP contribution in [-0.2, 0) is 9.53 Å². The van der Waals surface area contributed by atoms with Crippen molar-refractivity contribution in [2.45, 2.75) is 56.8 Å². The number of hydrogen-bond donors (Lipinski definition) is 1. The number of nitrogens with zero attached hydrogens (tertiary/aromatic N) is 1. The van der Waals surface area contributed by atoms with Gasteiger partial charge in [0.2, 0.25) is 0 Å². The van der Waals surface area contributed by atoms with Gasteiger partial charge in [0.15, 0.2) is 0 Å². The van der Waals surface area contributed by atoms with E-state index in [-0.39, 0.29) is 16.6 Å². The number of esters is 1. The minimum atomic E-state index is -0.624. The van der Waals surface area contributed by atoms with Crippen LogP contribution in [0.2, 0.25) is 0 Å². The van der Waals surface area contributed by atoms with Crippen LogP contribution >= 0.6 is 11.8 Å². The lowest BCUT2D eigenvalue weighted by molar-refractivity contribution is -0.151. The first-order valence-electron chi connectivity index (χ1n) is 8.09. The zero-order valence-electron chi connectivity index (χ0n) is 13.6. The number of hydrogen-bond acceptors (Lipinski definition) is 5. The van der Waals surface area contributed by atoms with Gasteiger partial charge in [0, 0.05) is 30.1 Å². The van der Waals surface area contributed by atoms with Crippen molar-refractivity contribution in [1.29, 1.82) is 0 Å². The van der Waals surface area contributed by atoms with Gasteiger partial charge < -0.3 is 9.84 Å². The molecule has 1 saturated heterocycles. The molecular formula is C16H29NO3S. The number of rotatable bonds is 4. The molecule has 0 aromatic rings. The minimum absolute atomic E-state index is 0.0152. The summed E-state index contributed by atoms with van der Waals surface area (Å²) in [7, 11) is 0. The van der Waals surface area contributed by atoms with E-state index >= 15 is 0 Å². The SMILES string of the molecule is CCOC(=O)C1CCC(O)(CN2CCSC(C)(C)C2)CC1. The molecule has 4 nitrogen and oxygen atoms in total. The van der Waals surface area contributed by atoms with Gasteiger partial charge in [-0.1, -0.05) is 0 Å². The maximum atomic E-state index is 11.8. The molecule has 1 saturated carbocycles. The van der Waals surface area contributed by atoms with Gasteiger partial charge in [-0.05, 0) is 46.5 Å². The van der Waals surface area contributed by atoms with Gasteiger partial charge in [0.05, 0.1) is 18.1 Å². The summed E-state index contributed by atoms with van der Waals surface area (Å²) in [5, 5.41) is 10.8. The Bertz CT molecular complexity index is 365. The van der Waals surface area contributed by atoms with Crippen LogP contribution < -0.4 is 0 Å². The van der Waals surface area contributed by atoms with Crippen molar-refractivity contribution in [3.05, 3.63) is 0 Å². The quantitative estimate of drug-likeness (QED) is 0.807. The molecule has 21 heavy (non-hydrogen) atoms. The van der Waals surface area contributed by atoms with Crippen LogP contribution in [0.3, 0.4) is 0 Å². The van der Waals surface area contributed by atoms with Crippen molar-refractivity contribution in [2.24, 2.45) is 5.92 Å². The first-order valence-corrected chi connectivity index (χ1v) is 9.07. The monoisotopic (exact) mass is 315 g/mol. The Kier molecular flexibility index (Phi) is 5.60. The van der Waals surface area contributed by atoms with E-state index in [0.717, 1.165) is 38.2 Å². The summed E-state index contributed by atoms with van der Waals surface area (Å²) < 4.78 is 5.37. The van der Waals surface area contributed by atoms with Crippen LogP contribution in [0, 0.1) is 5.92 Å². The number of aliphatic hydroxyl groups is 1. The van der Waals surface area contributed by atoms with Crippen LogP contribution in [0.4, 0.5) is 0 Å². The maximum absolute atomic E-state index is 11.8. The van der Waals surface area contributed by atoms with Crippen molar-refractivity contribution < 1.29 is 14.6 Å². The summed E-state index contributed by atoms with van der Waals surface area (Å²) in [4.78, 5) is 14.2. The molecule has 0 bridgehead atoms. The number of carbonyl (C=O) groups excluding carboxylic acids is 1. The topological polar surface area (TPSA) is 49.8 Å². The fraction of sp³-hybridized carbons (Fsp3) is 0.938. The first kappa shape index (κ1) is 17.1. The number of carbonyl (C=O) groups is 1. The molecule has 2 aliphatic rings. The van der Waals surface area contributed by atoms with Crippen molar-refractivity contribution in [1.82, 2.24) is 4.90 Å². The lowest BCUT2D eigenvalue weighted by atomic mass is 9.78. The Morgan fingerprint density at radius 1 is 1.38 bits per heavy atom. The lowest BCUT2D eigenvalue weighted by Gasteiger charge is -2.43. The van der Waals surface area contributed by atoms with Crippen molar-refractivity contribution in [3.63, 3.8) is 0 Å². The van der Waals surface area contributed by atoms with Gasteiger partial charge >= 0.3 is 5.97 Å². The smallest absolute Gasteiger partial charge is 0.308 e. The summed E-state index contributed by atoms with van der Waals surface area (Å²) >= 11 is 2.01. The van der Waals surface area contributed by atoms with E-state index in [9.17, 15) is 9.90 Å². The lowest BCUT2D eigenvalue weighted by Crippen LogP contribution is -2.52. The molecule has 2 fully saturated rings. The van der Waals surface area contributed by atoms with Crippen LogP contribution in [0.1, 0.15) is 46.5 Å². The van der Waals surface area contributed by atoms with Crippen molar-refractivity contribution in [3.8, 4) is 0 Å². The molecule has 122 valence electrons. The molecule has 0 radical (unpaired) electrons. The summed E-state index contributed by atoms with van der Waals surface area (Å²) in [5.41, 5.74) is -0.624. The van der Waals surface area contributed by atoms with Crippen molar-refractivity contribution >= 4 is 17.7 Å². The van der Waals surface area contributed by atoms with Gasteiger partial charge in [-0.25, -0.2) is 0 Å². The molecule has 1 heterocycles. The van der Waals surface area contributed by atoms with Gasteiger partial charge in [0.25, 0.3) is 0 Å². The molecule has 0 amide bonds. The second-order valence-corrected chi connectivity index (χ2v) is 8.87. The fourth-order valence-electron chi connectivity index (χ4n) is 3.47. The van der Waals surface area contributed by atoms with Crippen LogP contribution in [0.15, 0.2) is 0 Å². The number of ether oxygens (including phenoxy) is 1. The van der Waals surface area contributed by atoms with Gasteiger partial charge in [0.1, 0.15) is 0 Å². The van der Waals surface area contributed by atoms with Crippen LogP contribution in [0.25, 0.3) is 0 Å². The molecule has 0 aromatic heterocycles. The summed E-state index contributed by atoms with van der Waals surface area (Å²) in [5.74, 6) is 1.03. The molecule has 1 aliphatic carbocycles. The predicted octanol–water partition coefficient (Wildman–Crippen LogP) is 2.30. The standard InChI is InChI=1S/C16H29NO3S/c1-4-20-14(18)13-5-7-16(19,8-6-13)12-17-9-10-21-15(2,3)11-17/h13,19H,4-12H2,1-3H3. The second kappa shape index (κ2) is 6.88. The van der Waals surface area contributed by atoms with Gasteiger partial charge in [-0.15, -0.1) is 0 Å². The summed E-state index contributed by atoms with van der Waals surface area (Å²) in [6, 6.07) is 0. The zero-order chi connectivity index (χ0) is 15.5. The third-order valence-corrected chi connectivity index (χ3v) is 5.86. The third-order valence-electron chi connectivity index (χ3n) is 4.56.